The first-order valence-electron chi connectivity index (χ1n) is 8.21. The standard InChI is InChI=1S/C20H21NO4S/c1-13(22)16-9-11-17(12-10-16)21-19(23)14(2)25-20(24)15(3)26-18-7-5-4-6-8-18/h4-12,14-15H,1-3H3,(H,21,23)/t14-,15-/m1/s1. The van der Waals surface area contributed by atoms with Gasteiger partial charge in [0.25, 0.3) is 5.91 Å². The Morgan fingerprint density at radius 3 is 2.15 bits per heavy atom. The molecular weight excluding hydrogens is 350 g/mol. The number of carbonyl (C=O) groups excluding carboxylic acids is 3. The third-order valence-electron chi connectivity index (χ3n) is 3.61. The average molecular weight is 371 g/mol. The van der Waals surface area contributed by atoms with Crippen LogP contribution in [0.2, 0.25) is 0 Å². The molecule has 5 nitrogen and oxygen atoms in total. The predicted octanol–water partition coefficient (Wildman–Crippen LogP) is 3.94. The second kappa shape index (κ2) is 9.20. The highest BCUT2D eigenvalue weighted by atomic mass is 32.2. The first kappa shape index (κ1) is 19.7. The van der Waals surface area contributed by atoms with Crippen LogP contribution >= 0.6 is 11.8 Å². The summed E-state index contributed by atoms with van der Waals surface area (Å²) in [6, 6.07) is 16.1. The summed E-state index contributed by atoms with van der Waals surface area (Å²) in [7, 11) is 0. The quantitative estimate of drug-likeness (QED) is 0.453. The lowest BCUT2D eigenvalue weighted by Crippen LogP contribution is -2.32. The van der Waals surface area contributed by atoms with Crippen molar-refractivity contribution in [1.82, 2.24) is 0 Å². The number of ketones is 1. The average Bonchev–Trinajstić information content (AvgIpc) is 2.62. The van der Waals surface area contributed by atoms with Crippen LogP contribution in [0.3, 0.4) is 0 Å². The molecule has 0 aliphatic rings. The van der Waals surface area contributed by atoms with Gasteiger partial charge >= 0.3 is 5.97 Å². The summed E-state index contributed by atoms with van der Waals surface area (Å²) in [6.07, 6.45) is -0.922. The molecule has 0 aliphatic carbocycles. The molecule has 0 bridgehead atoms. The number of benzene rings is 2. The molecule has 2 aromatic rings. The molecular formula is C20H21NO4S. The molecule has 1 N–H and O–H groups in total. The van der Waals surface area contributed by atoms with Crippen LogP contribution in [0, 0.1) is 0 Å². The molecule has 6 heteroatoms. The van der Waals surface area contributed by atoms with E-state index in [0.29, 0.717) is 11.3 Å². The Morgan fingerprint density at radius 1 is 0.962 bits per heavy atom. The largest absolute Gasteiger partial charge is 0.452 e. The Balaban J connectivity index is 1.87. The van der Waals surface area contributed by atoms with Crippen molar-refractivity contribution >= 4 is 35.1 Å². The Hall–Kier alpha value is -2.60. The second-order valence-electron chi connectivity index (χ2n) is 5.78. The number of anilines is 1. The summed E-state index contributed by atoms with van der Waals surface area (Å²) in [4.78, 5) is 36.6. The number of hydrogen-bond donors (Lipinski definition) is 1. The van der Waals surface area contributed by atoms with Crippen molar-refractivity contribution in [2.24, 2.45) is 0 Å². The fourth-order valence-corrected chi connectivity index (χ4v) is 2.98. The zero-order valence-electron chi connectivity index (χ0n) is 14.9. The van der Waals surface area contributed by atoms with Crippen molar-refractivity contribution in [1.29, 1.82) is 0 Å². The van der Waals surface area contributed by atoms with Crippen LogP contribution < -0.4 is 5.32 Å². The van der Waals surface area contributed by atoms with E-state index in [0.717, 1.165) is 4.90 Å². The lowest BCUT2D eigenvalue weighted by atomic mass is 10.1. The van der Waals surface area contributed by atoms with Crippen LogP contribution in [-0.2, 0) is 14.3 Å². The fourth-order valence-electron chi connectivity index (χ4n) is 2.11. The van der Waals surface area contributed by atoms with E-state index in [-0.39, 0.29) is 5.78 Å². The second-order valence-corrected chi connectivity index (χ2v) is 7.19. The van der Waals surface area contributed by atoms with E-state index in [2.05, 4.69) is 5.32 Å². The van der Waals surface area contributed by atoms with Crippen molar-refractivity contribution < 1.29 is 19.1 Å². The van der Waals surface area contributed by atoms with Gasteiger partial charge in [0.1, 0.15) is 5.25 Å². The zero-order chi connectivity index (χ0) is 19.1. The van der Waals surface area contributed by atoms with Crippen LogP contribution in [0.15, 0.2) is 59.5 Å². The zero-order valence-corrected chi connectivity index (χ0v) is 15.7. The monoisotopic (exact) mass is 371 g/mol. The first-order chi connectivity index (χ1) is 12.4. The van der Waals surface area contributed by atoms with E-state index in [4.69, 9.17) is 4.74 Å². The highest BCUT2D eigenvalue weighted by molar-refractivity contribution is 8.00. The minimum absolute atomic E-state index is 0.0462. The van der Waals surface area contributed by atoms with Gasteiger partial charge in [-0.05, 0) is 57.2 Å². The van der Waals surface area contributed by atoms with Gasteiger partial charge in [-0.15, -0.1) is 11.8 Å². The third kappa shape index (κ3) is 5.74. The maximum atomic E-state index is 12.2. The molecule has 0 spiro atoms. The fraction of sp³-hybridized carbons (Fsp3) is 0.250. The Morgan fingerprint density at radius 2 is 1.58 bits per heavy atom. The van der Waals surface area contributed by atoms with Crippen molar-refractivity contribution in [3.05, 3.63) is 60.2 Å². The van der Waals surface area contributed by atoms with Crippen LogP contribution in [-0.4, -0.2) is 29.0 Å². The number of rotatable bonds is 7. The third-order valence-corrected chi connectivity index (χ3v) is 4.70. The van der Waals surface area contributed by atoms with Gasteiger partial charge in [-0.2, -0.15) is 0 Å². The number of hydrogen-bond acceptors (Lipinski definition) is 5. The molecule has 136 valence electrons. The normalized spacial score (nSPS) is 12.7. The summed E-state index contributed by atoms with van der Waals surface area (Å²) < 4.78 is 5.25. The Labute approximate surface area is 157 Å². The summed E-state index contributed by atoms with van der Waals surface area (Å²) in [6.45, 7) is 4.74. The Bertz CT molecular complexity index is 774. The van der Waals surface area contributed by atoms with Gasteiger partial charge in [-0.3, -0.25) is 14.4 Å². The van der Waals surface area contributed by atoms with Gasteiger partial charge in [0, 0.05) is 16.1 Å². The van der Waals surface area contributed by atoms with Crippen molar-refractivity contribution in [2.75, 3.05) is 5.32 Å². The molecule has 2 rings (SSSR count). The molecule has 26 heavy (non-hydrogen) atoms. The molecule has 0 saturated heterocycles. The van der Waals surface area contributed by atoms with Crippen molar-refractivity contribution in [3.8, 4) is 0 Å². The number of ether oxygens (including phenoxy) is 1. The van der Waals surface area contributed by atoms with E-state index in [1.807, 2.05) is 30.3 Å². The van der Waals surface area contributed by atoms with E-state index < -0.39 is 23.2 Å². The van der Waals surface area contributed by atoms with Crippen LogP contribution in [0.4, 0.5) is 5.69 Å². The summed E-state index contributed by atoms with van der Waals surface area (Å²) >= 11 is 1.38. The molecule has 0 saturated carbocycles. The topological polar surface area (TPSA) is 72.5 Å². The highest BCUT2D eigenvalue weighted by Crippen LogP contribution is 2.23. The SMILES string of the molecule is CC(=O)c1ccc(NC(=O)[C@@H](C)OC(=O)[C@@H](C)Sc2ccccc2)cc1. The maximum Gasteiger partial charge on any atom is 0.319 e. The van der Waals surface area contributed by atoms with Crippen LogP contribution in [0.25, 0.3) is 0 Å². The minimum Gasteiger partial charge on any atom is -0.452 e. The highest BCUT2D eigenvalue weighted by Gasteiger charge is 2.22. The Kier molecular flexibility index (Phi) is 6.97. The number of Topliss-reactive ketones (excluding diaryl/α,β-unsaturated/α-hetero) is 1. The molecule has 2 atom stereocenters. The number of carbonyl (C=O) groups is 3. The molecule has 0 aromatic heterocycles. The number of thioether (sulfide) groups is 1. The smallest absolute Gasteiger partial charge is 0.319 e. The molecule has 0 fully saturated rings. The minimum atomic E-state index is -0.922. The van der Waals surface area contributed by atoms with Gasteiger partial charge in [0.2, 0.25) is 0 Å². The van der Waals surface area contributed by atoms with Gasteiger partial charge in [0.15, 0.2) is 11.9 Å². The van der Waals surface area contributed by atoms with E-state index >= 15 is 0 Å². The van der Waals surface area contributed by atoms with Crippen molar-refractivity contribution in [3.63, 3.8) is 0 Å². The molecule has 0 heterocycles. The van der Waals surface area contributed by atoms with Crippen molar-refractivity contribution in [2.45, 2.75) is 37.0 Å². The number of nitrogens with one attached hydrogen (secondary N) is 1. The van der Waals surface area contributed by atoms with Crippen LogP contribution in [0.1, 0.15) is 31.1 Å². The molecule has 0 radical (unpaired) electrons. The van der Waals surface area contributed by atoms with Gasteiger partial charge in [-0.25, -0.2) is 0 Å². The van der Waals surface area contributed by atoms with Gasteiger partial charge in [0.05, 0.1) is 0 Å². The number of esters is 1. The maximum absolute atomic E-state index is 12.2. The van der Waals surface area contributed by atoms with Gasteiger partial charge in [-0.1, -0.05) is 18.2 Å². The van der Waals surface area contributed by atoms with E-state index in [1.165, 1.54) is 25.6 Å². The molecule has 0 aliphatic heterocycles. The molecule has 0 unspecified atom stereocenters. The van der Waals surface area contributed by atoms with Gasteiger partial charge < -0.3 is 10.1 Å². The molecule has 1 amide bonds. The molecule has 2 aromatic carbocycles. The predicted molar refractivity (Wildman–Crippen MR) is 102 cm³/mol. The summed E-state index contributed by atoms with van der Waals surface area (Å²) in [5.74, 6) is -0.922. The van der Waals surface area contributed by atoms with E-state index in [9.17, 15) is 14.4 Å². The summed E-state index contributed by atoms with van der Waals surface area (Å²) in [5, 5.41) is 2.24. The number of amides is 1. The first-order valence-corrected chi connectivity index (χ1v) is 9.09. The lowest BCUT2D eigenvalue weighted by molar-refractivity contribution is -0.152. The van der Waals surface area contributed by atoms with Crippen LogP contribution in [0.5, 0.6) is 0 Å². The van der Waals surface area contributed by atoms with E-state index in [1.54, 1.807) is 31.2 Å². The lowest BCUT2D eigenvalue weighted by Gasteiger charge is -2.16. The summed E-state index contributed by atoms with van der Waals surface area (Å²) in [5.41, 5.74) is 1.10.